The third-order valence-electron chi connectivity index (χ3n) is 19.7. The number of aryl methyl sites for hydroxylation is 1. The Balaban J connectivity index is 0.000000190. The molecule has 104 heavy (non-hydrogen) atoms. The van der Waals surface area contributed by atoms with Gasteiger partial charge in [0.1, 0.15) is 23.0 Å². The Morgan fingerprint density at radius 2 is 0.683 bits per heavy atom. The molecule has 562 valence electrons. The van der Waals surface area contributed by atoms with Gasteiger partial charge in [-0.1, -0.05) is 152 Å². The van der Waals surface area contributed by atoms with Gasteiger partial charge in [-0.2, -0.15) is 0 Å². The van der Waals surface area contributed by atoms with Gasteiger partial charge in [-0.25, -0.2) is 0 Å². The number of para-hydroxylation sites is 1. The van der Waals surface area contributed by atoms with Gasteiger partial charge in [-0.05, 0) is 170 Å². The predicted molar refractivity (Wildman–Crippen MR) is 444 cm³/mol. The van der Waals surface area contributed by atoms with Crippen LogP contribution in [-0.4, -0.2) is 241 Å². The quantitative estimate of drug-likeness (QED) is 0.0728. The van der Waals surface area contributed by atoms with Gasteiger partial charge in [0.15, 0.2) is 40.0 Å². The molecule has 6 aliphatic heterocycles. The summed E-state index contributed by atoms with van der Waals surface area (Å²) in [5.41, 5.74) is 2.26. The molecule has 6 fully saturated rings. The van der Waals surface area contributed by atoms with E-state index in [1.165, 1.54) is 202 Å². The molecule has 6 aliphatic rings. The van der Waals surface area contributed by atoms with Crippen LogP contribution in [0.1, 0.15) is 48.9 Å². The van der Waals surface area contributed by atoms with E-state index in [1.54, 1.807) is 12.0 Å². The number of ether oxygens (including phenoxy) is 1. The first-order chi connectivity index (χ1) is 49.4. The summed E-state index contributed by atoms with van der Waals surface area (Å²) >= 11 is 0. The number of piperazine rings is 3. The summed E-state index contributed by atoms with van der Waals surface area (Å²) in [6.45, 7) is 17.6. The topological polar surface area (TPSA) is 47.4 Å². The highest BCUT2D eigenvalue weighted by atomic mass is 79.9. The highest BCUT2D eigenvalue weighted by molar-refractivity contribution is 7.98. The van der Waals surface area contributed by atoms with Crippen LogP contribution in [0.15, 0.2) is 277 Å². The molecule has 6 saturated heterocycles. The molecule has 0 spiro atoms. The van der Waals surface area contributed by atoms with Crippen LogP contribution >= 0.6 is 0 Å². The number of aromatic nitrogens is 1. The van der Waals surface area contributed by atoms with E-state index < -0.39 is 0 Å². The molecule has 15 rings (SSSR count). The Labute approximate surface area is 661 Å². The summed E-state index contributed by atoms with van der Waals surface area (Å²) in [6.07, 6.45) is 10.8. The van der Waals surface area contributed by atoms with Crippen LogP contribution in [0.5, 0.6) is 0 Å². The average Bonchev–Trinajstić information content (AvgIpc) is 1.63. The Morgan fingerprint density at radius 1 is 0.394 bits per heavy atom. The largest absolute Gasteiger partial charge is 1.00 e. The zero-order valence-corrected chi connectivity index (χ0v) is 71.1. The Kier molecular flexibility index (Phi) is 40.4. The highest BCUT2D eigenvalue weighted by Crippen LogP contribution is 2.33. The number of likely N-dealkylation sites (tertiary alicyclic amines) is 1. The average molecular weight is 1610 g/mol. The van der Waals surface area contributed by atoms with Gasteiger partial charge >= 0.3 is 0 Å². The van der Waals surface area contributed by atoms with Gasteiger partial charge in [-0.3, -0.25) is 14.6 Å². The van der Waals surface area contributed by atoms with Crippen molar-refractivity contribution >= 4 is 60.3 Å². The van der Waals surface area contributed by atoms with Gasteiger partial charge in [0.2, 0.25) is 5.78 Å². The number of methoxy groups -OCH3 is 1. The van der Waals surface area contributed by atoms with Crippen molar-refractivity contribution in [1.82, 2.24) is 29.1 Å². The van der Waals surface area contributed by atoms with Crippen LogP contribution < -0.4 is 34.0 Å². The fourth-order valence-electron chi connectivity index (χ4n) is 12.7. The number of likely N-dealkylation sites (N-methyl/N-ethyl adjacent to an activating group) is 6. The Hall–Kier alpha value is -4.99. The number of halogens is 2. The van der Waals surface area contributed by atoms with Crippen molar-refractivity contribution < 1.29 is 52.5 Å². The van der Waals surface area contributed by atoms with E-state index in [0.717, 1.165) is 11.3 Å². The van der Waals surface area contributed by atoms with E-state index in [4.69, 9.17) is 4.74 Å². The lowest BCUT2D eigenvalue weighted by atomic mass is 10.1. The molecule has 16 heteroatoms. The summed E-state index contributed by atoms with van der Waals surface area (Å²) < 4.78 is 9.88. The van der Waals surface area contributed by atoms with Crippen molar-refractivity contribution in [2.24, 2.45) is 7.05 Å². The summed E-state index contributed by atoms with van der Waals surface area (Å²) in [4.78, 5) is 33.4. The van der Waals surface area contributed by atoms with Crippen LogP contribution in [0, 0.1) is 0 Å². The number of piperidine rings is 1. The summed E-state index contributed by atoms with van der Waals surface area (Å²) in [6, 6.07) is 82.7. The third kappa shape index (κ3) is 30.9. The van der Waals surface area contributed by atoms with Crippen molar-refractivity contribution in [2.75, 3.05) is 191 Å². The number of hydrogen-bond donors (Lipinski definition) is 0. The number of Topliss-reactive ketones (excluding diaryl/α,β-unsaturated/α-hetero) is 1. The van der Waals surface area contributed by atoms with E-state index in [-0.39, 0.29) is 55.8 Å². The second kappa shape index (κ2) is 47.7. The zero-order chi connectivity index (χ0) is 72.4. The number of ketones is 1. The molecular formula is C88H124Br2N8O2S4+4. The number of carbonyl (C=O) groups is 1. The predicted octanol–water partition coefficient (Wildman–Crippen LogP) is 9.41. The number of rotatable bonds is 11. The number of quaternary nitrogens is 2. The van der Waals surface area contributed by atoms with Gasteiger partial charge in [-0.15, -0.1) is 0 Å². The summed E-state index contributed by atoms with van der Waals surface area (Å²) in [5.74, 6) is 6.49. The van der Waals surface area contributed by atoms with Gasteiger partial charge < -0.3 is 66.9 Å². The Morgan fingerprint density at radius 3 is 1.01 bits per heavy atom. The van der Waals surface area contributed by atoms with Crippen molar-refractivity contribution in [3.8, 4) is 0 Å². The van der Waals surface area contributed by atoms with E-state index in [0.29, 0.717) is 33.7 Å². The number of benzene rings is 8. The second-order valence-corrected chi connectivity index (χ2v) is 37.7. The monoisotopic (exact) mass is 1610 g/mol. The first-order valence-corrected chi connectivity index (χ1v) is 43.0. The molecule has 0 saturated carbocycles. The van der Waals surface area contributed by atoms with Crippen LogP contribution in [0.25, 0.3) is 10.9 Å². The Bertz CT molecular complexity index is 3330. The minimum absolute atomic E-state index is 0. The molecule has 8 aromatic carbocycles. The standard InChI is InChI=1S/2C18H15S.C13H16NS.C12H15OS.2C7H17N2.C7H15NO.C6H14N2.2BrH/c2*1-4-10-16(11-5-1)19(17-12-6-2-7-13-17)18-14-8-3-9-15-18;1-14-10-13(15-8-4-5-9-15)11-6-2-3-7-12(11)14;13-12(10-14-8-4-5-9-14)11-6-2-1-3-7-11;2*1-8-4-6-9(2,3)7-5-8;1-8-5-3-7(9-2)4-6-8;1-7-3-5-8(2)6-4-7;;/h2*1-15H;2-3,6-7,10H,4-5,8-9H2,1H3;1-3,6-7H,4-5,8-10H2;2*4-7H2,1-3H3;7H,3-6H2,1-2H3;3-6H2,1-2H3;2*1H/q6*+1;;;;/p-2. The summed E-state index contributed by atoms with van der Waals surface area (Å²) in [5, 5.41) is 1.48. The van der Waals surface area contributed by atoms with E-state index in [9.17, 15) is 4.79 Å². The smallest absolute Gasteiger partial charge is 0.211 e. The lowest BCUT2D eigenvalue weighted by Crippen LogP contribution is -3.00. The SMILES string of the molecule is CN1CCN(C)CC1.CN1CC[N+](C)(C)CC1.CN1CC[N+](C)(C)CC1.COC1CCN(C)CC1.Cn1cc([S+]2CCCC2)c2ccccc21.O=C(C[S+]1CCCC1)c1ccccc1.[Br-].[Br-].c1ccc([S+](c2ccccc2)c2ccccc2)cc1.c1ccc([S+](c2ccccc2)c2ccccc2)cc1. The molecular weight excluding hydrogens is 1490 g/mol. The number of fused-ring (bicyclic) bond motifs is 1. The lowest BCUT2D eigenvalue weighted by Gasteiger charge is -2.37. The second-order valence-electron chi connectivity index (χ2n) is 29.1. The minimum Gasteiger partial charge on any atom is -1.00 e. The van der Waals surface area contributed by atoms with Crippen LogP contribution in [-0.2, 0) is 55.4 Å². The molecule has 0 bridgehead atoms. The fourth-order valence-corrected chi connectivity index (χ4v) is 21.7. The van der Waals surface area contributed by atoms with Crippen molar-refractivity contribution in [3.05, 3.63) is 248 Å². The fraction of sp³-hybridized carbons (Fsp3) is 0.420. The minimum atomic E-state index is -0.0146. The molecule has 0 aliphatic carbocycles. The molecule has 9 aromatic rings. The van der Waals surface area contributed by atoms with Gasteiger partial charge in [0, 0.05) is 96.1 Å². The molecule has 7 heterocycles. The highest BCUT2D eigenvalue weighted by Gasteiger charge is 2.32. The maximum absolute atomic E-state index is 11.8. The normalized spacial score (nSPS) is 17.8. The van der Waals surface area contributed by atoms with E-state index >= 15 is 0 Å². The van der Waals surface area contributed by atoms with Crippen molar-refractivity contribution in [3.63, 3.8) is 0 Å². The molecule has 0 N–H and O–H groups in total. The third-order valence-corrected chi connectivity index (χ3v) is 29.1. The van der Waals surface area contributed by atoms with Gasteiger partial charge in [0.05, 0.1) is 99.4 Å². The van der Waals surface area contributed by atoms with Crippen molar-refractivity contribution in [2.45, 2.75) is 78.9 Å². The number of nitrogens with zero attached hydrogens (tertiary/aromatic N) is 8. The molecule has 0 amide bonds. The summed E-state index contributed by atoms with van der Waals surface area (Å²) in [7, 11) is 24.9. The zero-order valence-electron chi connectivity index (χ0n) is 64.6. The van der Waals surface area contributed by atoms with E-state index in [2.05, 4.69) is 312 Å². The maximum Gasteiger partial charge on any atom is 0.211 e. The number of hydrogen-bond acceptors (Lipinski definition) is 7. The van der Waals surface area contributed by atoms with Gasteiger partial charge in [0.25, 0.3) is 0 Å². The molecule has 0 atom stereocenters. The molecule has 1 aromatic heterocycles. The lowest BCUT2D eigenvalue weighted by molar-refractivity contribution is -0.894. The van der Waals surface area contributed by atoms with Crippen LogP contribution in [0.4, 0.5) is 0 Å². The van der Waals surface area contributed by atoms with Crippen LogP contribution in [0.3, 0.4) is 0 Å². The van der Waals surface area contributed by atoms with E-state index in [1.807, 2.05) is 30.3 Å². The first kappa shape index (κ1) is 87.9. The van der Waals surface area contributed by atoms with Crippen LogP contribution in [0.2, 0.25) is 0 Å². The first-order valence-electron chi connectivity index (χ1n) is 37.3. The molecule has 0 radical (unpaired) electrons. The van der Waals surface area contributed by atoms with Crippen molar-refractivity contribution in [1.29, 1.82) is 0 Å². The molecule has 10 nitrogen and oxygen atoms in total. The molecule has 0 unspecified atom stereocenters. The number of carbonyl (C=O) groups excluding carboxylic acids is 1. The maximum atomic E-state index is 11.8.